The van der Waals surface area contributed by atoms with Gasteiger partial charge >= 0.3 is 5.97 Å². The molecule has 0 bridgehead atoms. The van der Waals surface area contributed by atoms with Gasteiger partial charge in [-0.3, -0.25) is 9.59 Å². The maximum atomic E-state index is 13.1. The topological polar surface area (TPSA) is 85.3 Å². The fraction of sp³-hybridized carbons (Fsp3) is 0.579. The zero-order valence-corrected chi connectivity index (χ0v) is 15.4. The van der Waals surface area contributed by atoms with E-state index in [0.717, 1.165) is 0 Å². The van der Waals surface area contributed by atoms with E-state index >= 15 is 0 Å². The number of carboxylic acids is 1. The number of hydrogen-bond acceptors (Lipinski definition) is 5. The third-order valence-corrected chi connectivity index (χ3v) is 5.33. The van der Waals surface area contributed by atoms with E-state index in [1.165, 1.54) is 0 Å². The minimum atomic E-state index is -1.15. The van der Waals surface area contributed by atoms with Gasteiger partial charge in [-0.05, 0) is 38.3 Å². The fourth-order valence-electron chi connectivity index (χ4n) is 3.85. The Kier molecular flexibility index (Phi) is 4.84. The highest BCUT2D eigenvalue weighted by atomic mass is 16.5. The molecular formula is C19H25NO6. The molecule has 2 aliphatic rings. The first-order valence-corrected chi connectivity index (χ1v) is 8.73. The van der Waals surface area contributed by atoms with Crippen LogP contribution in [0.15, 0.2) is 24.3 Å². The molecule has 1 aromatic rings. The van der Waals surface area contributed by atoms with Crippen LogP contribution < -0.4 is 9.47 Å². The number of amides is 1. The van der Waals surface area contributed by atoms with Crippen LogP contribution in [-0.4, -0.2) is 60.9 Å². The van der Waals surface area contributed by atoms with Crippen LogP contribution in [0.3, 0.4) is 0 Å². The summed E-state index contributed by atoms with van der Waals surface area (Å²) in [5.74, 6) is -0.223. The number of aliphatic carboxylic acids is 1. The number of benzene rings is 1. The number of nitrogens with zero attached hydrogens (tertiary/aromatic N) is 1. The van der Waals surface area contributed by atoms with Gasteiger partial charge in [-0.25, -0.2) is 0 Å². The van der Waals surface area contributed by atoms with E-state index in [-0.39, 0.29) is 25.0 Å². The van der Waals surface area contributed by atoms with Gasteiger partial charge in [0.1, 0.15) is 5.41 Å². The third-order valence-electron chi connectivity index (χ3n) is 5.33. The molecule has 7 heteroatoms. The normalized spacial score (nSPS) is 25.5. The second-order valence-electron chi connectivity index (χ2n) is 7.45. The second kappa shape index (κ2) is 6.79. The lowest BCUT2D eigenvalue weighted by Gasteiger charge is -2.34. The molecule has 2 heterocycles. The molecule has 142 valence electrons. The van der Waals surface area contributed by atoms with Crippen LogP contribution in [0, 0.1) is 11.3 Å². The Morgan fingerprint density at radius 2 is 2.00 bits per heavy atom. The van der Waals surface area contributed by atoms with Gasteiger partial charge in [0.05, 0.1) is 13.7 Å². The first kappa shape index (κ1) is 18.5. The van der Waals surface area contributed by atoms with Gasteiger partial charge in [0, 0.05) is 19.7 Å². The average Bonchev–Trinajstić information content (AvgIpc) is 3.02. The van der Waals surface area contributed by atoms with Crippen molar-refractivity contribution in [3.63, 3.8) is 0 Å². The molecule has 26 heavy (non-hydrogen) atoms. The summed E-state index contributed by atoms with van der Waals surface area (Å²) in [6.07, 6.45) is 0.643. The molecule has 0 unspecified atom stereocenters. The monoisotopic (exact) mass is 363 g/mol. The van der Waals surface area contributed by atoms with E-state index in [1.54, 1.807) is 44.1 Å². The van der Waals surface area contributed by atoms with Crippen LogP contribution in [0.4, 0.5) is 0 Å². The molecule has 2 aliphatic heterocycles. The summed E-state index contributed by atoms with van der Waals surface area (Å²) in [5, 5.41) is 9.74. The number of fused-ring (bicyclic) bond motifs is 1. The maximum absolute atomic E-state index is 13.1. The molecule has 2 atom stereocenters. The molecule has 0 saturated carbocycles. The molecule has 0 aromatic heterocycles. The number of carbonyl (C=O) groups is 2. The summed E-state index contributed by atoms with van der Waals surface area (Å²) in [4.78, 5) is 26.6. The van der Waals surface area contributed by atoms with Crippen LogP contribution in [0.25, 0.3) is 0 Å². The molecule has 1 aromatic carbocycles. The lowest BCUT2D eigenvalue weighted by molar-refractivity contribution is -0.160. The molecule has 2 fully saturated rings. The van der Waals surface area contributed by atoms with Crippen LogP contribution >= 0.6 is 0 Å². The van der Waals surface area contributed by atoms with Crippen molar-refractivity contribution in [3.8, 4) is 11.5 Å². The smallest absolute Gasteiger partial charge is 0.314 e. The molecular weight excluding hydrogens is 338 g/mol. The first-order chi connectivity index (χ1) is 12.3. The molecule has 7 nitrogen and oxygen atoms in total. The minimum Gasteiger partial charge on any atom is -0.493 e. The summed E-state index contributed by atoms with van der Waals surface area (Å²) in [6.45, 7) is 4.60. The van der Waals surface area contributed by atoms with Gasteiger partial charge in [0.2, 0.25) is 0 Å². The Bertz CT molecular complexity index is 703. The SMILES string of the molecule is COc1ccccc1OC(C)(C)C(=O)N1C[C@@H]2CCOC[C@]2(C(=O)O)C1. The van der Waals surface area contributed by atoms with E-state index in [4.69, 9.17) is 14.2 Å². The van der Waals surface area contributed by atoms with Crippen LogP contribution in [-0.2, 0) is 14.3 Å². The zero-order chi connectivity index (χ0) is 18.9. The highest BCUT2D eigenvalue weighted by molar-refractivity contribution is 5.87. The molecule has 0 spiro atoms. The number of likely N-dealkylation sites (tertiary alicyclic amines) is 1. The number of ether oxygens (including phenoxy) is 3. The van der Waals surface area contributed by atoms with Crippen LogP contribution in [0.1, 0.15) is 20.3 Å². The maximum Gasteiger partial charge on any atom is 0.314 e. The number of hydrogen-bond donors (Lipinski definition) is 1. The summed E-state index contributed by atoms with van der Waals surface area (Å²) >= 11 is 0. The van der Waals surface area contributed by atoms with Crippen molar-refractivity contribution in [2.45, 2.75) is 25.9 Å². The van der Waals surface area contributed by atoms with Crippen molar-refractivity contribution in [2.24, 2.45) is 11.3 Å². The Morgan fingerprint density at radius 3 is 2.62 bits per heavy atom. The summed E-state index contributed by atoms with van der Waals surface area (Å²) in [5.41, 5.74) is -2.17. The summed E-state index contributed by atoms with van der Waals surface area (Å²) in [7, 11) is 1.54. The van der Waals surface area contributed by atoms with Gasteiger partial charge in [0.25, 0.3) is 5.91 Å². The van der Waals surface area contributed by atoms with Crippen molar-refractivity contribution < 1.29 is 28.9 Å². The summed E-state index contributed by atoms with van der Waals surface area (Å²) < 4.78 is 16.6. The molecule has 1 N–H and O–H groups in total. The Labute approximate surface area is 152 Å². The average molecular weight is 363 g/mol. The van der Waals surface area contributed by atoms with Gasteiger partial charge < -0.3 is 24.2 Å². The second-order valence-corrected chi connectivity index (χ2v) is 7.45. The Hall–Kier alpha value is -2.28. The minimum absolute atomic E-state index is 0.0974. The number of carboxylic acid groups (broad SMARTS) is 1. The largest absolute Gasteiger partial charge is 0.493 e. The summed E-state index contributed by atoms with van der Waals surface area (Å²) in [6, 6.07) is 7.13. The van der Waals surface area contributed by atoms with Crippen molar-refractivity contribution >= 4 is 11.9 Å². The van der Waals surface area contributed by atoms with Gasteiger partial charge in [-0.15, -0.1) is 0 Å². The van der Waals surface area contributed by atoms with E-state index in [2.05, 4.69) is 0 Å². The molecule has 2 saturated heterocycles. The van der Waals surface area contributed by atoms with Crippen molar-refractivity contribution in [1.29, 1.82) is 0 Å². The van der Waals surface area contributed by atoms with Crippen molar-refractivity contribution in [2.75, 3.05) is 33.4 Å². The third kappa shape index (κ3) is 3.11. The lowest BCUT2D eigenvalue weighted by Crippen LogP contribution is -2.50. The van der Waals surface area contributed by atoms with E-state index in [1.807, 2.05) is 6.07 Å². The number of carbonyl (C=O) groups excluding carboxylic acids is 1. The van der Waals surface area contributed by atoms with E-state index in [0.29, 0.717) is 31.1 Å². The van der Waals surface area contributed by atoms with Crippen LogP contribution in [0.2, 0.25) is 0 Å². The lowest BCUT2D eigenvalue weighted by atomic mass is 9.76. The first-order valence-electron chi connectivity index (χ1n) is 8.73. The van der Waals surface area contributed by atoms with E-state index < -0.39 is 17.0 Å². The van der Waals surface area contributed by atoms with Crippen molar-refractivity contribution in [1.82, 2.24) is 4.90 Å². The predicted octanol–water partition coefficient (Wildman–Crippen LogP) is 1.80. The van der Waals surface area contributed by atoms with E-state index in [9.17, 15) is 14.7 Å². The van der Waals surface area contributed by atoms with Crippen LogP contribution in [0.5, 0.6) is 11.5 Å². The Balaban J connectivity index is 1.79. The zero-order valence-electron chi connectivity index (χ0n) is 15.4. The molecule has 0 aliphatic carbocycles. The number of methoxy groups -OCH3 is 1. The highest BCUT2D eigenvalue weighted by Gasteiger charge is 2.56. The standard InChI is InChI=1S/C19H25NO6/c1-18(2,26-15-7-5-4-6-14(15)24-3)16(21)20-10-13-8-9-25-12-19(13,11-20)17(22)23/h4-7,13H,8-12H2,1-3H3,(H,22,23)/t13-,19+/m0/s1. The van der Waals surface area contributed by atoms with Gasteiger partial charge in [-0.1, -0.05) is 12.1 Å². The fourth-order valence-corrected chi connectivity index (χ4v) is 3.85. The van der Waals surface area contributed by atoms with Gasteiger partial charge in [0.15, 0.2) is 17.1 Å². The molecule has 1 amide bonds. The Morgan fingerprint density at radius 1 is 1.31 bits per heavy atom. The predicted molar refractivity (Wildman–Crippen MR) is 93.3 cm³/mol. The number of para-hydroxylation sites is 2. The highest BCUT2D eigenvalue weighted by Crippen LogP contribution is 2.42. The number of rotatable bonds is 5. The quantitative estimate of drug-likeness (QED) is 0.859. The molecule has 0 radical (unpaired) electrons. The molecule has 3 rings (SSSR count). The van der Waals surface area contributed by atoms with Gasteiger partial charge in [-0.2, -0.15) is 0 Å². The van der Waals surface area contributed by atoms with Crippen molar-refractivity contribution in [3.05, 3.63) is 24.3 Å².